The maximum absolute atomic E-state index is 15.0. The highest BCUT2D eigenvalue weighted by Gasteiger charge is 2.60. The van der Waals surface area contributed by atoms with Gasteiger partial charge in [-0.1, -0.05) is 84.9 Å². The summed E-state index contributed by atoms with van der Waals surface area (Å²) in [7, 11) is 3.69. The third kappa shape index (κ3) is 13.8. The Morgan fingerprint density at radius 3 is 0.792 bits per heavy atom. The van der Waals surface area contributed by atoms with Crippen LogP contribution in [0.3, 0.4) is 0 Å². The minimum Gasteiger partial charge on any atom is -0.508 e. The quantitative estimate of drug-likeness (QED) is 0.0616. The third-order valence-corrected chi connectivity index (χ3v) is 25.0. The maximum Gasteiger partial charge on any atom is 0.402 e. The fraction of sp³-hybridized carbons (Fsp3) is 0.188. The number of hydrogen-bond acceptors (Lipinski definition) is 16. The molecule has 0 bridgehead atoms. The van der Waals surface area contributed by atoms with Crippen molar-refractivity contribution in [3.63, 3.8) is 0 Å². The first kappa shape index (κ1) is 89.4. The number of aromatic hydroxyl groups is 3. The molecule has 0 aromatic heterocycles. The van der Waals surface area contributed by atoms with Crippen LogP contribution in [0.1, 0.15) is 213 Å². The van der Waals surface area contributed by atoms with Gasteiger partial charge in [-0.15, -0.1) is 0 Å². The van der Waals surface area contributed by atoms with E-state index < -0.39 is 151 Å². The molecule has 4 atom stereocenters. The molecule has 0 radical (unpaired) electrons. The summed E-state index contributed by atoms with van der Waals surface area (Å²) in [6.45, 7) is 8.41. The average molecular weight is 1790 g/mol. The van der Waals surface area contributed by atoms with Crippen LogP contribution in [0.4, 0.5) is 81.1 Å². The number of carbonyl (C=O) groups is 12. The zero-order valence-corrected chi connectivity index (χ0v) is 69.7. The fourth-order valence-corrected chi connectivity index (χ4v) is 16.7. The van der Waals surface area contributed by atoms with Crippen molar-refractivity contribution < 1.29 is 126 Å². The van der Waals surface area contributed by atoms with Crippen LogP contribution in [0.5, 0.6) is 17.2 Å². The number of carbonyl (C=O) groups excluding carboxylic acids is 12. The molecule has 22 nitrogen and oxygen atoms in total. The lowest BCUT2D eigenvalue weighted by atomic mass is 9.74. The van der Waals surface area contributed by atoms with Crippen LogP contribution in [0.2, 0.25) is 0 Å². The van der Waals surface area contributed by atoms with Gasteiger partial charge in [0.05, 0.1) is 89.5 Å². The predicted molar refractivity (Wildman–Crippen MR) is 446 cm³/mol. The second-order valence-corrected chi connectivity index (χ2v) is 32.6. The van der Waals surface area contributed by atoms with Gasteiger partial charge >= 0.3 is 24.7 Å². The van der Waals surface area contributed by atoms with Crippen LogP contribution in [0.25, 0.3) is 0 Å². The molecular formula is C96H69F12N7O15. The summed E-state index contributed by atoms with van der Waals surface area (Å²) in [6, 6.07) is 44.1. The Hall–Kier alpha value is -15.4. The van der Waals surface area contributed by atoms with Crippen LogP contribution >= 0.6 is 0 Å². The molecule has 0 aliphatic carbocycles. The smallest absolute Gasteiger partial charge is 0.402 e. The molecule has 0 spiro atoms. The molecule has 0 saturated carbocycles. The minimum absolute atomic E-state index is 0.00380. The van der Waals surface area contributed by atoms with Crippen molar-refractivity contribution in [2.45, 2.75) is 94.8 Å². The Kier molecular flexibility index (Phi) is 21.3. The average Bonchev–Trinajstić information content (AvgIpc) is 1.60. The summed E-state index contributed by atoms with van der Waals surface area (Å²) in [5.74, 6) is -10.8. The number of nitrogens with zero attached hydrogens (tertiary/aromatic N) is 6. The molecule has 4 unspecified atom stereocenters. The molecule has 11 aromatic carbocycles. The number of alkyl halides is 12. The predicted octanol–water partition coefficient (Wildman–Crippen LogP) is 18.4. The lowest BCUT2D eigenvalue weighted by Gasteiger charge is -2.34. The van der Waals surface area contributed by atoms with Crippen molar-refractivity contribution in [3.8, 4) is 17.2 Å². The van der Waals surface area contributed by atoms with Gasteiger partial charge in [-0.2, -0.15) is 52.7 Å². The van der Waals surface area contributed by atoms with Crippen molar-refractivity contribution in [2.75, 3.05) is 41.2 Å². The Balaban J connectivity index is 0.000000151. The van der Waals surface area contributed by atoms with Gasteiger partial charge in [0.15, 0.2) is 0 Å². The highest BCUT2D eigenvalue weighted by atomic mass is 19.4. The fourth-order valence-electron chi connectivity index (χ4n) is 16.7. The molecule has 4 N–H and O–H groups in total. The van der Waals surface area contributed by atoms with Gasteiger partial charge in [0, 0.05) is 26.8 Å². The number of aryl methyl sites for hydroxylation is 3. The Morgan fingerprint density at radius 1 is 0.246 bits per heavy atom. The number of imide groups is 6. The lowest BCUT2D eigenvalue weighted by molar-refractivity contribution is -0.173. The third-order valence-electron chi connectivity index (χ3n) is 25.0. The number of benzene rings is 11. The van der Waals surface area contributed by atoms with Crippen molar-refractivity contribution in [3.05, 3.63) is 340 Å². The van der Waals surface area contributed by atoms with E-state index in [4.69, 9.17) is 0 Å². The van der Waals surface area contributed by atoms with E-state index in [1.165, 1.54) is 64.5 Å². The van der Waals surface area contributed by atoms with Gasteiger partial charge in [-0.05, 0) is 237 Å². The number of phenolic OH excluding ortho intramolecular Hbond substituents is 3. The Labute approximate surface area is 729 Å². The monoisotopic (exact) mass is 1790 g/mol. The number of phenols is 3. The Bertz CT molecular complexity index is 6890. The van der Waals surface area contributed by atoms with E-state index in [1.807, 2.05) is 36.4 Å². The molecule has 130 heavy (non-hydrogen) atoms. The molecule has 0 fully saturated rings. The number of amides is 12. The van der Waals surface area contributed by atoms with Crippen LogP contribution in [0.15, 0.2) is 212 Å². The standard InChI is InChI=1S/C36H26F6N2O6.C33H24F3N3O4.C27H19F3N2O5/c1-17-13-18(7-11-27(17)45)33(2,35(37,38)39)21-8-12-28(46)26(16-21)44-31(49)23-10-6-20(15-25(23)32(44)50)34(3,36(40,41)42)19-5-9-22-24(14-19)30(48)43(4)29(22)47;1-18-9-14-26(37-21-7-5-4-6-8-21)27(15-18)39-30(42)23-13-11-20(17-25(23)31(39)43)32(2,33(34,35)36)19-10-12-22-24(16-19)29(41)38(3)28(22)40;1-13-4-9-21(33)20(10-13)32-24(36)17-8-6-15(12-19(17)25(32)37)26(2,27(28,29)30)14-5-7-16-18(11-14)23(35)31(3)22(16)34/h5-16,45-46H,1-4H3;4-17,37H,1-3H3;4-12,33H,1-3H3. The first-order chi connectivity index (χ1) is 60.7. The number of nitrogens with one attached hydrogen (secondary N) is 1. The van der Waals surface area contributed by atoms with E-state index in [0.29, 0.717) is 21.8 Å². The molecule has 6 aliphatic rings. The van der Waals surface area contributed by atoms with E-state index in [1.54, 1.807) is 32.0 Å². The summed E-state index contributed by atoms with van der Waals surface area (Å²) >= 11 is 0. The first-order valence-electron chi connectivity index (χ1n) is 39.4. The maximum atomic E-state index is 15.0. The molecule has 6 aliphatic heterocycles. The summed E-state index contributed by atoms with van der Waals surface area (Å²) < 4.78 is 178. The van der Waals surface area contributed by atoms with Crippen molar-refractivity contribution >= 4 is 99.3 Å². The highest BCUT2D eigenvalue weighted by molar-refractivity contribution is 6.37. The van der Waals surface area contributed by atoms with E-state index in [2.05, 4.69) is 5.32 Å². The van der Waals surface area contributed by atoms with Crippen LogP contribution in [-0.4, -0.2) is 147 Å². The van der Waals surface area contributed by atoms with Gasteiger partial charge in [0.1, 0.15) is 38.9 Å². The molecule has 0 saturated heterocycles. The summed E-state index contributed by atoms with van der Waals surface area (Å²) in [5.41, 5.74) is -13.6. The molecular weight excluding hydrogens is 1720 g/mol. The number of hydrogen-bond donors (Lipinski definition) is 4. The van der Waals surface area contributed by atoms with Gasteiger partial charge in [0.2, 0.25) is 0 Å². The number of halogens is 12. The summed E-state index contributed by atoms with van der Waals surface area (Å²) in [4.78, 5) is 160. The van der Waals surface area contributed by atoms with Crippen LogP contribution in [-0.2, 0) is 21.7 Å². The first-order valence-corrected chi connectivity index (χ1v) is 39.4. The molecule has 17 rings (SSSR count). The van der Waals surface area contributed by atoms with E-state index >= 15 is 0 Å². The zero-order valence-electron chi connectivity index (χ0n) is 69.7. The number of rotatable bonds is 13. The lowest BCUT2D eigenvalue weighted by Crippen LogP contribution is -2.41. The number of fused-ring (bicyclic) bond motifs is 6. The van der Waals surface area contributed by atoms with Crippen molar-refractivity contribution in [1.29, 1.82) is 0 Å². The van der Waals surface area contributed by atoms with Gasteiger partial charge < -0.3 is 20.6 Å². The molecule has 12 amide bonds. The van der Waals surface area contributed by atoms with E-state index in [-0.39, 0.29) is 117 Å². The second kappa shape index (κ2) is 31.0. The topological polar surface area (TPSA) is 297 Å². The highest BCUT2D eigenvalue weighted by Crippen LogP contribution is 2.55. The molecule has 6 heterocycles. The number of anilines is 5. The summed E-state index contributed by atoms with van der Waals surface area (Å²) in [5, 5.41) is 34.1. The summed E-state index contributed by atoms with van der Waals surface area (Å²) in [6.07, 6.45) is -19.8. The number of para-hydroxylation sites is 1. The van der Waals surface area contributed by atoms with Crippen LogP contribution < -0.4 is 20.0 Å². The Morgan fingerprint density at radius 2 is 0.477 bits per heavy atom. The van der Waals surface area contributed by atoms with E-state index in [0.717, 1.165) is 179 Å². The van der Waals surface area contributed by atoms with Crippen molar-refractivity contribution in [2.24, 2.45) is 0 Å². The second-order valence-electron chi connectivity index (χ2n) is 32.6. The van der Waals surface area contributed by atoms with Gasteiger partial charge in [0.25, 0.3) is 70.9 Å². The van der Waals surface area contributed by atoms with Crippen molar-refractivity contribution in [1.82, 2.24) is 14.7 Å². The SMILES string of the molecule is Cc1cc(C(C)(c2ccc(O)c(N3C(=O)c4ccc(C(C)(c5ccc6c(c5)C(=O)N(C)C6=O)C(F)(F)F)cc4C3=O)c2)C(F)(F)F)ccc1O.Cc1ccc(Nc2ccccc2)c(N2C(=O)c3ccc(C(C)(c4ccc5c(c4)C(=O)N(C)C5=O)C(F)(F)F)cc3C2=O)c1.Cc1ccc(O)c(N2C(=O)c3ccc(C(C)(c4ccc5c(c4)C(=O)N(C)C5=O)C(F)(F)F)cc3C2=O)c1. The van der Waals surface area contributed by atoms with E-state index in [9.17, 15) is 126 Å². The molecule has 662 valence electrons. The molecule has 11 aromatic rings. The van der Waals surface area contributed by atoms with Gasteiger partial charge in [-0.3, -0.25) is 72.2 Å². The van der Waals surface area contributed by atoms with Gasteiger partial charge in [-0.25, -0.2) is 14.7 Å². The minimum atomic E-state index is -5.04. The normalized spacial score (nSPS) is 16.7. The van der Waals surface area contributed by atoms with Crippen LogP contribution in [0, 0.1) is 20.8 Å². The largest absolute Gasteiger partial charge is 0.508 e. The zero-order chi connectivity index (χ0) is 94.7. The molecule has 34 heteroatoms.